The highest BCUT2D eigenvalue weighted by Gasteiger charge is 2.35. The molecule has 0 aromatic heterocycles. The summed E-state index contributed by atoms with van der Waals surface area (Å²) in [6.45, 7) is 5.77. The lowest BCUT2D eigenvalue weighted by molar-refractivity contribution is -0.119. The standard InChI is InChI=1S/C14H28N4O/c1-12(19)16-10-13-4-8-18(9-5-13)11-14(17-15)6-2-3-7-14/h13,17H,2-11,15H2,1H3,(H,16,19). The summed E-state index contributed by atoms with van der Waals surface area (Å²) in [5, 5.41) is 2.93. The van der Waals surface area contributed by atoms with E-state index in [9.17, 15) is 4.79 Å². The molecular weight excluding hydrogens is 240 g/mol. The average molecular weight is 268 g/mol. The van der Waals surface area contributed by atoms with Crippen molar-refractivity contribution < 1.29 is 4.79 Å². The first-order chi connectivity index (χ1) is 9.13. The van der Waals surface area contributed by atoms with Gasteiger partial charge in [0.15, 0.2) is 0 Å². The molecule has 0 aromatic carbocycles. The van der Waals surface area contributed by atoms with Crippen LogP contribution in [-0.4, -0.2) is 42.5 Å². The van der Waals surface area contributed by atoms with Gasteiger partial charge in [-0.25, -0.2) is 0 Å². The van der Waals surface area contributed by atoms with Gasteiger partial charge in [-0.15, -0.1) is 0 Å². The molecule has 5 heteroatoms. The second kappa shape index (κ2) is 6.68. The first-order valence-electron chi connectivity index (χ1n) is 7.58. The third kappa shape index (κ3) is 4.16. The number of nitrogens with one attached hydrogen (secondary N) is 2. The molecule has 2 rings (SSSR count). The zero-order valence-electron chi connectivity index (χ0n) is 12.1. The Morgan fingerprint density at radius 2 is 1.95 bits per heavy atom. The van der Waals surface area contributed by atoms with Crippen molar-refractivity contribution in [2.24, 2.45) is 11.8 Å². The molecule has 0 spiro atoms. The summed E-state index contributed by atoms with van der Waals surface area (Å²) in [5.41, 5.74) is 3.23. The number of nitrogens with zero attached hydrogens (tertiary/aromatic N) is 1. The minimum atomic E-state index is 0.0830. The molecule has 110 valence electrons. The molecule has 0 bridgehead atoms. The summed E-state index contributed by atoms with van der Waals surface area (Å²) in [5.74, 6) is 6.50. The van der Waals surface area contributed by atoms with Crippen LogP contribution in [0.25, 0.3) is 0 Å². The lowest BCUT2D eigenvalue weighted by Crippen LogP contribution is -2.56. The van der Waals surface area contributed by atoms with E-state index in [1.165, 1.54) is 38.5 Å². The SMILES string of the molecule is CC(=O)NCC1CCN(CC2(NN)CCCC2)CC1. The summed E-state index contributed by atoms with van der Waals surface area (Å²) in [4.78, 5) is 13.5. The quantitative estimate of drug-likeness (QED) is 0.505. The highest BCUT2D eigenvalue weighted by atomic mass is 16.1. The smallest absolute Gasteiger partial charge is 0.216 e. The number of nitrogens with two attached hydrogens (primary N) is 1. The average Bonchev–Trinajstić information content (AvgIpc) is 2.87. The van der Waals surface area contributed by atoms with E-state index in [0.29, 0.717) is 5.92 Å². The van der Waals surface area contributed by atoms with Crippen molar-refractivity contribution in [2.45, 2.75) is 51.0 Å². The Kier molecular flexibility index (Phi) is 5.19. The molecule has 0 atom stereocenters. The van der Waals surface area contributed by atoms with Crippen LogP contribution in [0.15, 0.2) is 0 Å². The van der Waals surface area contributed by atoms with Gasteiger partial charge in [0.25, 0.3) is 0 Å². The minimum absolute atomic E-state index is 0.0830. The summed E-state index contributed by atoms with van der Waals surface area (Å²) < 4.78 is 0. The summed E-state index contributed by atoms with van der Waals surface area (Å²) >= 11 is 0. The Morgan fingerprint density at radius 1 is 1.32 bits per heavy atom. The van der Waals surface area contributed by atoms with E-state index in [2.05, 4.69) is 15.6 Å². The second-order valence-electron chi connectivity index (χ2n) is 6.29. The van der Waals surface area contributed by atoms with Crippen LogP contribution in [-0.2, 0) is 4.79 Å². The van der Waals surface area contributed by atoms with Crippen LogP contribution in [0.1, 0.15) is 45.4 Å². The van der Waals surface area contributed by atoms with Crippen molar-refractivity contribution in [3.8, 4) is 0 Å². The second-order valence-corrected chi connectivity index (χ2v) is 6.29. The number of amides is 1. The van der Waals surface area contributed by atoms with Gasteiger partial charge in [0.2, 0.25) is 5.91 Å². The molecule has 2 fully saturated rings. The van der Waals surface area contributed by atoms with Gasteiger partial charge in [0.05, 0.1) is 0 Å². The lowest BCUT2D eigenvalue weighted by Gasteiger charge is -2.38. The molecule has 19 heavy (non-hydrogen) atoms. The first-order valence-corrected chi connectivity index (χ1v) is 7.58. The largest absolute Gasteiger partial charge is 0.356 e. The molecule has 0 aromatic rings. The summed E-state index contributed by atoms with van der Waals surface area (Å²) in [6, 6.07) is 0. The van der Waals surface area contributed by atoms with E-state index in [4.69, 9.17) is 5.84 Å². The number of rotatable bonds is 5. The van der Waals surface area contributed by atoms with Crippen molar-refractivity contribution in [3.63, 3.8) is 0 Å². The van der Waals surface area contributed by atoms with Gasteiger partial charge in [-0.1, -0.05) is 12.8 Å². The highest BCUT2D eigenvalue weighted by molar-refractivity contribution is 5.72. The molecule has 5 nitrogen and oxygen atoms in total. The van der Waals surface area contributed by atoms with E-state index < -0.39 is 0 Å². The first kappa shape index (κ1) is 14.8. The number of hydrogen-bond donors (Lipinski definition) is 3. The van der Waals surface area contributed by atoms with Crippen LogP contribution in [0, 0.1) is 5.92 Å². The van der Waals surface area contributed by atoms with Crippen LogP contribution < -0.4 is 16.6 Å². The van der Waals surface area contributed by atoms with Gasteiger partial charge >= 0.3 is 0 Å². The number of carbonyl (C=O) groups excluding carboxylic acids is 1. The van der Waals surface area contributed by atoms with Crippen molar-refractivity contribution in [2.75, 3.05) is 26.2 Å². The Bertz CT molecular complexity index is 294. The molecule has 1 saturated carbocycles. The van der Waals surface area contributed by atoms with Crippen LogP contribution >= 0.6 is 0 Å². The monoisotopic (exact) mass is 268 g/mol. The normalized spacial score (nSPS) is 24.5. The Hall–Kier alpha value is -0.650. The van der Waals surface area contributed by atoms with Crippen LogP contribution in [0.2, 0.25) is 0 Å². The molecule has 1 saturated heterocycles. The van der Waals surface area contributed by atoms with Crippen molar-refractivity contribution in [3.05, 3.63) is 0 Å². The minimum Gasteiger partial charge on any atom is -0.356 e. The predicted molar refractivity (Wildman–Crippen MR) is 76.4 cm³/mol. The van der Waals surface area contributed by atoms with E-state index in [-0.39, 0.29) is 11.4 Å². The Balaban J connectivity index is 1.72. The maximum Gasteiger partial charge on any atom is 0.216 e. The number of hydrazine groups is 1. The fraction of sp³-hybridized carbons (Fsp3) is 0.929. The van der Waals surface area contributed by atoms with Gasteiger partial charge in [-0.05, 0) is 44.7 Å². The van der Waals surface area contributed by atoms with Crippen molar-refractivity contribution in [1.82, 2.24) is 15.6 Å². The topological polar surface area (TPSA) is 70.4 Å². The molecule has 1 amide bonds. The van der Waals surface area contributed by atoms with Crippen LogP contribution in [0.4, 0.5) is 0 Å². The summed E-state index contributed by atoms with van der Waals surface area (Å²) in [6.07, 6.45) is 7.36. The molecule has 1 aliphatic carbocycles. The van der Waals surface area contributed by atoms with Gasteiger partial charge in [-0.2, -0.15) is 0 Å². The van der Waals surface area contributed by atoms with Gasteiger partial charge < -0.3 is 10.2 Å². The molecule has 0 radical (unpaired) electrons. The molecule has 1 heterocycles. The lowest BCUT2D eigenvalue weighted by atomic mass is 9.93. The predicted octanol–water partition coefficient (Wildman–Crippen LogP) is 0.611. The molecule has 0 unspecified atom stereocenters. The van der Waals surface area contributed by atoms with Crippen molar-refractivity contribution in [1.29, 1.82) is 0 Å². The maximum atomic E-state index is 10.9. The zero-order chi connectivity index (χ0) is 13.7. The number of piperidine rings is 1. The molecule has 2 aliphatic rings. The fourth-order valence-electron chi connectivity index (χ4n) is 3.46. The highest BCUT2D eigenvalue weighted by Crippen LogP contribution is 2.30. The third-order valence-electron chi connectivity index (χ3n) is 4.74. The molecule has 1 aliphatic heterocycles. The Morgan fingerprint density at radius 3 is 2.47 bits per heavy atom. The van der Waals surface area contributed by atoms with Gasteiger partial charge in [0.1, 0.15) is 0 Å². The molecule has 4 N–H and O–H groups in total. The van der Waals surface area contributed by atoms with Crippen molar-refractivity contribution >= 4 is 5.91 Å². The van der Waals surface area contributed by atoms with E-state index in [1.54, 1.807) is 6.92 Å². The number of likely N-dealkylation sites (tertiary alicyclic amines) is 1. The van der Waals surface area contributed by atoms with Crippen LogP contribution in [0.5, 0.6) is 0 Å². The number of carbonyl (C=O) groups is 1. The van der Waals surface area contributed by atoms with Gasteiger partial charge in [-0.3, -0.25) is 16.1 Å². The molecular formula is C14H28N4O. The number of hydrogen-bond acceptors (Lipinski definition) is 4. The third-order valence-corrected chi connectivity index (χ3v) is 4.74. The Labute approximate surface area is 116 Å². The van der Waals surface area contributed by atoms with E-state index in [1.807, 2.05) is 0 Å². The summed E-state index contributed by atoms with van der Waals surface area (Å²) in [7, 11) is 0. The van der Waals surface area contributed by atoms with E-state index in [0.717, 1.165) is 26.2 Å². The van der Waals surface area contributed by atoms with E-state index >= 15 is 0 Å². The van der Waals surface area contributed by atoms with Crippen LogP contribution in [0.3, 0.4) is 0 Å². The fourth-order valence-corrected chi connectivity index (χ4v) is 3.46. The zero-order valence-corrected chi connectivity index (χ0v) is 12.1. The maximum absolute atomic E-state index is 10.9. The van der Waals surface area contributed by atoms with Gasteiger partial charge in [0, 0.05) is 25.6 Å².